The van der Waals surface area contributed by atoms with E-state index in [1.54, 1.807) is 11.3 Å². The summed E-state index contributed by atoms with van der Waals surface area (Å²) in [5, 5.41) is 6.52. The Hall–Kier alpha value is -0.360. The molecule has 1 N–H and O–H groups in total. The Labute approximate surface area is 124 Å². The molecule has 0 spiro atoms. The summed E-state index contributed by atoms with van der Waals surface area (Å²) >= 11 is 7.00. The number of hydrogen-bond acceptors (Lipinski definition) is 4. The zero-order valence-electron chi connectivity index (χ0n) is 10.3. The second-order valence-electron chi connectivity index (χ2n) is 3.92. The van der Waals surface area contributed by atoms with Gasteiger partial charge in [0, 0.05) is 20.8 Å². The van der Waals surface area contributed by atoms with Gasteiger partial charge in [0.05, 0.1) is 11.4 Å². The Morgan fingerprint density at radius 2 is 2.11 bits per heavy atom. The molecule has 96 valence electrons. The molecule has 1 heterocycles. The van der Waals surface area contributed by atoms with Gasteiger partial charge in [0.25, 0.3) is 0 Å². The number of thiazole rings is 1. The topological polar surface area (TPSA) is 24.9 Å². The molecule has 0 aliphatic carbocycles. The SMILES string of the molecule is CNC(C)c1csc(CSc2ccc(Br)cc2)n1. The van der Waals surface area contributed by atoms with E-state index in [-0.39, 0.29) is 0 Å². The van der Waals surface area contributed by atoms with Gasteiger partial charge in [-0.15, -0.1) is 23.1 Å². The summed E-state index contributed by atoms with van der Waals surface area (Å²) in [5.41, 5.74) is 1.13. The number of halogens is 1. The van der Waals surface area contributed by atoms with Crippen molar-refractivity contribution < 1.29 is 0 Å². The molecule has 1 aromatic carbocycles. The molecule has 5 heteroatoms. The fourth-order valence-corrected chi connectivity index (χ4v) is 3.48. The van der Waals surface area contributed by atoms with Crippen molar-refractivity contribution in [2.24, 2.45) is 0 Å². The van der Waals surface area contributed by atoms with Crippen molar-refractivity contribution in [2.45, 2.75) is 23.6 Å². The van der Waals surface area contributed by atoms with E-state index in [4.69, 9.17) is 0 Å². The van der Waals surface area contributed by atoms with E-state index in [1.165, 1.54) is 9.90 Å². The summed E-state index contributed by atoms with van der Waals surface area (Å²) in [7, 11) is 1.96. The predicted octanol–water partition coefficient (Wildman–Crippen LogP) is 4.48. The molecule has 1 aromatic heterocycles. The largest absolute Gasteiger partial charge is 0.312 e. The van der Waals surface area contributed by atoms with E-state index >= 15 is 0 Å². The van der Waals surface area contributed by atoms with Crippen molar-refractivity contribution in [3.05, 3.63) is 44.8 Å². The minimum absolute atomic E-state index is 0.327. The Bertz CT molecular complexity index is 496. The summed E-state index contributed by atoms with van der Waals surface area (Å²) in [4.78, 5) is 5.91. The zero-order valence-corrected chi connectivity index (χ0v) is 13.5. The molecule has 0 bridgehead atoms. The van der Waals surface area contributed by atoms with Gasteiger partial charge in [0.2, 0.25) is 0 Å². The van der Waals surface area contributed by atoms with Gasteiger partial charge >= 0.3 is 0 Å². The van der Waals surface area contributed by atoms with Crippen molar-refractivity contribution >= 4 is 39.0 Å². The second kappa shape index (κ2) is 6.70. The predicted molar refractivity (Wildman–Crippen MR) is 83.3 cm³/mol. The molecule has 18 heavy (non-hydrogen) atoms. The highest BCUT2D eigenvalue weighted by Gasteiger charge is 2.08. The van der Waals surface area contributed by atoms with Crippen molar-refractivity contribution in [2.75, 3.05) is 7.05 Å². The standard InChI is InChI=1S/C13H15BrN2S2/c1-9(15-2)12-7-18-13(16-12)8-17-11-5-3-10(14)4-6-11/h3-7,9,15H,8H2,1-2H3. The number of rotatable bonds is 5. The van der Waals surface area contributed by atoms with E-state index in [2.05, 4.69) is 62.8 Å². The van der Waals surface area contributed by atoms with Gasteiger partial charge in [-0.1, -0.05) is 15.9 Å². The number of nitrogens with one attached hydrogen (secondary N) is 1. The molecule has 2 rings (SSSR count). The fourth-order valence-electron chi connectivity index (χ4n) is 1.41. The maximum Gasteiger partial charge on any atom is 0.103 e. The van der Waals surface area contributed by atoms with Crippen LogP contribution in [-0.2, 0) is 5.75 Å². The van der Waals surface area contributed by atoms with Gasteiger partial charge < -0.3 is 5.32 Å². The number of hydrogen-bond donors (Lipinski definition) is 1. The van der Waals surface area contributed by atoms with E-state index in [1.807, 2.05) is 18.8 Å². The molecule has 0 fully saturated rings. The van der Waals surface area contributed by atoms with E-state index < -0.39 is 0 Å². The third kappa shape index (κ3) is 3.82. The molecule has 2 aromatic rings. The highest BCUT2D eigenvalue weighted by atomic mass is 79.9. The third-order valence-electron chi connectivity index (χ3n) is 2.62. The van der Waals surface area contributed by atoms with Crippen LogP contribution in [0, 0.1) is 0 Å². The first-order valence-electron chi connectivity index (χ1n) is 5.69. The summed E-state index contributed by atoms with van der Waals surface area (Å²) in [5.74, 6) is 0.933. The first kappa shape index (κ1) is 14.1. The molecule has 0 radical (unpaired) electrons. The third-order valence-corrected chi connectivity index (χ3v) is 5.22. The Balaban J connectivity index is 1.94. The number of aromatic nitrogens is 1. The van der Waals surface area contributed by atoms with Crippen LogP contribution in [0.1, 0.15) is 23.7 Å². The first-order chi connectivity index (χ1) is 8.69. The van der Waals surface area contributed by atoms with Gasteiger partial charge in [0.1, 0.15) is 5.01 Å². The quantitative estimate of drug-likeness (QED) is 0.811. The average molecular weight is 343 g/mol. The van der Waals surface area contributed by atoms with Crippen molar-refractivity contribution in [3.8, 4) is 0 Å². The summed E-state index contributed by atoms with van der Waals surface area (Å²) in [6, 6.07) is 8.71. The zero-order chi connectivity index (χ0) is 13.0. The van der Waals surface area contributed by atoms with Crippen molar-refractivity contribution in [1.82, 2.24) is 10.3 Å². The average Bonchev–Trinajstić information content (AvgIpc) is 2.86. The lowest BCUT2D eigenvalue weighted by Gasteiger charge is -2.05. The van der Waals surface area contributed by atoms with Crippen LogP contribution in [0.2, 0.25) is 0 Å². The Morgan fingerprint density at radius 3 is 2.78 bits per heavy atom. The molecule has 1 unspecified atom stereocenters. The number of nitrogens with zero attached hydrogens (tertiary/aromatic N) is 1. The lowest BCUT2D eigenvalue weighted by molar-refractivity contribution is 0.635. The van der Waals surface area contributed by atoms with Gasteiger partial charge in [-0.25, -0.2) is 4.98 Å². The molecule has 0 aliphatic heterocycles. The Kier molecular flexibility index (Phi) is 5.24. The summed E-state index contributed by atoms with van der Waals surface area (Å²) in [6.45, 7) is 2.13. The molecular formula is C13H15BrN2S2. The summed E-state index contributed by atoms with van der Waals surface area (Å²) < 4.78 is 1.12. The first-order valence-corrected chi connectivity index (χ1v) is 8.35. The monoisotopic (exact) mass is 342 g/mol. The van der Waals surface area contributed by atoms with Gasteiger partial charge in [0.15, 0.2) is 0 Å². The van der Waals surface area contributed by atoms with Crippen LogP contribution in [0.15, 0.2) is 39.0 Å². The fraction of sp³-hybridized carbons (Fsp3) is 0.308. The lowest BCUT2D eigenvalue weighted by atomic mass is 10.3. The normalized spacial score (nSPS) is 12.6. The minimum Gasteiger partial charge on any atom is -0.312 e. The lowest BCUT2D eigenvalue weighted by Crippen LogP contribution is -2.12. The van der Waals surface area contributed by atoms with Crippen LogP contribution in [0.5, 0.6) is 0 Å². The van der Waals surface area contributed by atoms with Crippen LogP contribution in [0.4, 0.5) is 0 Å². The molecule has 1 atom stereocenters. The maximum absolute atomic E-state index is 4.64. The molecule has 0 aliphatic rings. The molecule has 2 nitrogen and oxygen atoms in total. The maximum atomic E-state index is 4.64. The van der Waals surface area contributed by atoms with Crippen molar-refractivity contribution in [1.29, 1.82) is 0 Å². The second-order valence-corrected chi connectivity index (χ2v) is 6.83. The summed E-state index contributed by atoms with van der Waals surface area (Å²) in [6.07, 6.45) is 0. The number of benzene rings is 1. The van der Waals surface area contributed by atoms with Crippen LogP contribution in [0.25, 0.3) is 0 Å². The van der Waals surface area contributed by atoms with Crippen LogP contribution in [-0.4, -0.2) is 12.0 Å². The van der Waals surface area contributed by atoms with Crippen LogP contribution >= 0.6 is 39.0 Å². The highest BCUT2D eigenvalue weighted by Crippen LogP contribution is 2.26. The number of thioether (sulfide) groups is 1. The molecule has 0 saturated heterocycles. The van der Waals surface area contributed by atoms with Crippen molar-refractivity contribution in [3.63, 3.8) is 0 Å². The van der Waals surface area contributed by atoms with E-state index in [9.17, 15) is 0 Å². The Morgan fingerprint density at radius 1 is 1.39 bits per heavy atom. The van der Waals surface area contributed by atoms with E-state index in [0.29, 0.717) is 6.04 Å². The van der Waals surface area contributed by atoms with Gasteiger partial charge in [-0.05, 0) is 38.2 Å². The highest BCUT2D eigenvalue weighted by molar-refractivity contribution is 9.10. The van der Waals surface area contributed by atoms with Crippen LogP contribution < -0.4 is 5.32 Å². The smallest absolute Gasteiger partial charge is 0.103 e. The molecule has 0 amide bonds. The van der Waals surface area contributed by atoms with Gasteiger partial charge in [-0.2, -0.15) is 0 Å². The van der Waals surface area contributed by atoms with Crippen LogP contribution in [0.3, 0.4) is 0 Å². The van der Waals surface area contributed by atoms with Gasteiger partial charge in [-0.3, -0.25) is 0 Å². The van der Waals surface area contributed by atoms with E-state index in [0.717, 1.165) is 15.9 Å². The molecule has 0 saturated carbocycles. The molecular weight excluding hydrogens is 328 g/mol. The minimum atomic E-state index is 0.327.